The number of para-hydroxylation sites is 1. The molecule has 1 saturated heterocycles. The summed E-state index contributed by atoms with van der Waals surface area (Å²) in [5.74, 6) is -0.427. The zero-order chi connectivity index (χ0) is 27.4. The lowest BCUT2D eigenvalue weighted by molar-refractivity contribution is 0.0735. The van der Waals surface area contributed by atoms with Crippen molar-refractivity contribution in [1.82, 2.24) is 10.2 Å². The van der Waals surface area contributed by atoms with E-state index in [0.717, 1.165) is 24.3 Å². The Morgan fingerprint density at radius 1 is 0.923 bits per heavy atom. The van der Waals surface area contributed by atoms with Crippen LogP contribution in [0.4, 0.5) is 17.1 Å². The van der Waals surface area contributed by atoms with Crippen LogP contribution >= 0.6 is 0 Å². The Hall–Kier alpha value is -4.30. The SMILES string of the molecule is CN(C[C@@H](O)[C@](C)(c1ccccc1)N(C(=O)c1cc(=O)[nH][nH]1)c1ccccc1)c1cccc(N2CCCC2)c1. The van der Waals surface area contributed by atoms with E-state index >= 15 is 0 Å². The molecule has 2 heterocycles. The highest BCUT2D eigenvalue weighted by Crippen LogP contribution is 2.38. The van der Waals surface area contributed by atoms with Crippen LogP contribution in [-0.2, 0) is 5.54 Å². The minimum atomic E-state index is -1.19. The van der Waals surface area contributed by atoms with E-state index in [4.69, 9.17) is 0 Å². The standard InChI is InChI=1S/C31H35N5O3/c1-31(23-12-5-3-6-13-23,36(24-14-7-4-8-15-24)30(39)27-21-29(38)33-32-27)28(37)22-34(2)25-16-11-17-26(20-25)35-18-9-10-19-35/h3-8,11-17,20-21,28,37H,9-10,18-19,22H2,1-2H3,(H2,32,33,38)/t28-,31+/m1/s1. The van der Waals surface area contributed by atoms with Gasteiger partial charge in [0.2, 0.25) is 0 Å². The summed E-state index contributed by atoms with van der Waals surface area (Å²) in [6.07, 6.45) is 1.39. The Kier molecular flexibility index (Phi) is 7.56. The van der Waals surface area contributed by atoms with Crippen molar-refractivity contribution in [2.24, 2.45) is 0 Å². The van der Waals surface area contributed by atoms with Crippen LogP contribution in [0.2, 0.25) is 0 Å². The molecule has 2 atom stereocenters. The van der Waals surface area contributed by atoms with Crippen LogP contribution < -0.4 is 20.3 Å². The van der Waals surface area contributed by atoms with Crippen LogP contribution in [0, 0.1) is 0 Å². The van der Waals surface area contributed by atoms with Crippen molar-refractivity contribution in [2.75, 3.05) is 41.4 Å². The predicted molar refractivity (Wildman–Crippen MR) is 156 cm³/mol. The maximum absolute atomic E-state index is 14.0. The number of benzene rings is 3. The van der Waals surface area contributed by atoms with Crippen molar-refractivity contribution >= 4 is 23.0 Å². The van der Waals surface area contributed by atoms with Crippen LogP contribution in [-0.4, -0.2) is 54.0 Å². The number of carbonyl (C=O) groups excluding carboxylic acids is 1. The molecule has 0 spiro atoms. The first-order valence-electron chi connectivity index (χ1n) is 13.3. The number of H-pyrrole nitrogens is 2. The van der Waals surface area contributed by atoms with Gasteiger partial charge in [-0.05, 0) is 55.7 Å². The number of hydrogen-bond donors (Lipinski definition) is 3. The average molecular weight is 526 g/mol. The van der Waals surface area contributed by atoms with E-state index in [2.05, 4.69) is 27.2 Å². The molecule has 8 nitrogen and oxygen atoms in total. The van der Waals surface area contributed by atoms with Crippen LogP contribution in [0.5, 0.6) is 0 Å². The van der Waals surface area contributed by atoms with Gasteiger partial charge in [0.15, 0.2) is 0 Å². The smallest absolute Gasteiger partial charge is 0.277 e. The molecule has 1 fully saturated rings. The van der Waals surface area contributed by atoms with Gasteiger partial charge in [0.05, 0.1) is 11.6 Å². The lowest BCUT2D eigenvalue weighted by Crippen LogP contribution is -2.58. The maximum atomic E-state index is 14.0. The first kappa shape index (κ1) is 26.3. The minimum Gasteiger partial charge on any atom is -0.388 e. The summed E-state index contributed by atoms with van der Waals surface area (Å²) in [7, 11) is 1.95. The third kappa shape index (κ3) is 5.33. The molecule has 1 aliphatic heterocycles. The Labute approximate surface area is 228 Å². The number of amides is 1. The van der Waals surface area contributed by atoms with Crippen molar-refractivity contribution in [1.29, 1.82) is 0 Å². The van der Waals surface area contributed by atoms with Gasteiger partial charge in [0.1, 0.15) is 5.69 Å². The van der Waals surface area contributed by atoms with Gasteiger partial charge in [-0.25, -0.2) is 0 Å². The molecule has 1 aliphatic rings. The number of aliphatic hydroxyl groups is 1. The zero-order valence-electron chi connectivity index (χ0n) is 22.4. The van der Waals surface area contributed by atoms with Crippen molar-refractivity contribution < 1.29 is 9.90 Å². The van der Waals surface area contributed by atoms with E-state index in [-0.39, 0.29) is 12.2 Å². The Balaban J connectivity index is 1.54. The van der Waals surface area contributed by atoms with E-state index in [1.165, 1.54) is 24.6 Å². The molecule has 3 N–H and O–H groups in total. The molecule has 0 aliphatic carbocycles. The Bertz CT molecular complexity index is 1450. The highest BCUT2D eigenvalue weighted by atomic mass is 16.3. The maximum Gasteiger partial charge on any atom is 0.277 e. The number of carbonyl (C=O) groups is 1. The lowest BCUT2D eigenvalue weighted by Gasteiger charge is -2.46. The number of nitrogens with zero attached hydrogens (tertiary/aromatic N) is 3. The largest absolute Gasteiger partial charge is 0.388 e. The fourth-order valence-electron chi connectivity index (χ4n) is 5.43. The van der Waals surface area contributed by atoms with Gasteiger partial charge in [-0.3, -0.25) is 24.7 Å². The van der Waals surface area contributed by atoms with E-state index in [0.29, 0.717) is 5.69 Å². The second-order valence-corrected chi connectivity index (χ2v) is 10.3. The molecule has 0 unspecified atom stereocenters. The third-order valence-electron chi connectivity index (χ3n) is 7.70. The number of hydrogen-bond acceptors (Lipinski definition) is 5. The molecule has 39 heavy (non-hydrogen) atoms. The van der Waals surface area contributed by atoms with Crippen molar-refractivity contribution in [3.63, 3.8) is 0 Å². The molecule has 1 amide bonds. The van der Waals surface area contributed by atoms with E-state index < -0.39 is 23.1 Å². The quantitative estimate of drug-likeness (QED) is 0.302. The van der Waals surface area contributed by atoms with Crippen LogP contribution in [0.15, 0.2) is 95.8 Å². The second kappa shape index (κ2) is 11.2. The number of aromatic amines is 2. The zero-order valence-corrected chi connectivity index (χ0v) is 22.4. The average Bonchev–Trinajstić information content (AvgIpc) is 3.66. The Morgan fingerprint density at radius 2 is 1.56 bits per heavy atom. The summed E-state index contributed by atoms with van der Waals surface area (Å²) in [4.78, 5) is 31.9. The van der Waals surface area contributed by atoms with Crippen molar-refractivity contribution in [3.8, 4) is 0 Å². The summed E-state index contributed by atoms with van der Waals surface area (Å²) in [5.41, 5.74) is 2.07. The highest BCUT2D eigenvalue weighted by molar-refractivity contribution is 6.06. The predicted octanol–water partition coefficient (Wildman–Crippen LogP) is 4.36. The molecule has 8 heteroatoms. The van der Waals surface area contributed by atoms with Gasteiger partial charge in [-0.15, -0.1) is 0 Å². The van der Waals surface area contributed by atoms with Gasteiger partial charge < -0.3 is 14.9 Å². The number of rotatable bonds is 9. The molecule has 4 aromatic rings. The van der Waals surface area contributed by atoms with E-state index in [1.807, 2.05) is 91.7 Å². The summed E-state index contributed by atoms with van der Waals surface area (Å²) in [5, 5.41) is 17.2. The summed E-state index contributed by atoms with van der Waals surface area (Å²) >= 11 is 0. The topological polar surface area (TPSA) is 95.7 Å². The van der Waals surface area contributed by atoms with E-state index in [1.54, 1.807) is 4.90 Å². The van der Waals surface area contributed by atoms with Gasteiger partial charge in [0.25, 0.3) is 11.5 Å². The molecular formula is C31H35N5O3. The van der Waals surface area contributed by atoms with Crippen molar-refractivity contribution in [2.45, 2.75) is 31.4 Å². The van der Waals surface area contributed by atoms with Crippen LogP contribution in [0.25, 0.3) is 0 Å². The van der Waals surface area contributed by atoms with Gasteiger partial charge in [-0.2, -0.15) is 0 Å². The van der Waals surface area contributed by atoms with Crippen LogP contribution in [0.3, 0.4) is 0 Å². The molecule has 0 saturated carbocycles. The molecule has 0 radical (unpaired) electrons. The first-order valence-corrected chi connectivity index (χ1v) is 13.3. The molecule has 3 aromatic carbocycles. The van der Waals surface area contributed by atoms with Gasteiger partial charge in [0, 0.05) is 49.8 Å². The fraction of sp³-hybridized carbons (Fsp3) is 0.290. The highest BCUT2D eigenvalue weighted by Gasteiger charge is 2.45. The van der Waals surface area contributed by atoms with E-state index in [9.17, 15) is 14.7 Å². The number of aliphatic hydroxyl groups excluding tert-OH is 1. The fourth-order valence-corrected chi connectivity index (χ4v) is 5.43. The number of aromatic nitrogens is 2. The number of nitrogens with one attached hydrogen (secondary N) is 2. The lowest BCUT2D eigenvalue weighted by atomic mass is 9.83. The number of anilines is 3. The summed E-state index contributed by atoms with van der Waals surface area (Å²) in [6, 6.07) is 28.4. The molecule has 1 aromatic heterocycles. The summed E-state index contributed by atoms with van der Waals surface area (Å²) < 4.78 is 0. The van der Waals surface area contributed by atoms with Gasteiger partial charge in [-0.1, -0.05) is 54.6 Å². The van der Waals surface area contributed by atoms with Gasteiger partial charge >= 0.3 is 0 Å². The monoisotopic (exact) mass is 525 g/mol. The first-order chi connectivity index (χ1) is 18.9. The molecule has 0 bridgehead atoms. The number of likely N-dealkylation sites (N-methyl/N-ethyl adjacent to an activating group) is 1. The normalized spacial score (nSPS) is 15.5. The minimum absolute atomic E-state index is 0.116. The van der Waals surface area contributed by atoms with Crippen molar-refractivity contribution in [3.05, 3.63) is 113 Å². The molecular weight excluding hydrogens is 490 g/mol. The van der Waals surface area contributed by atoms with Crippen LogP contribution in [0.1, 0.15) is 35.8 Å². The second-order valence-electron chi connectivity index (χ2n) is 10.3. The molecule has 202 valence electrons. The third-order valence-corrected chi connectivity index (χ3v) is 7.70. The molecule has 5 rings (SSSR count). The summed E-state index contributed by atoms with van der Waals surface area (Å²) in [6.45, 7) is 4.24. The Morgan fingerprint density at radius 3 is 2.21 bits per heavy atom.